The van der Waals surface area contributed by atoms with Crippen LogP contribution in [-0.2, 0) is 4.79 Å². The van der Waals surface area contributed by atoms with Gasteiger partial charge in [0.2, 0.25) is 5.91 Å². The van der Waals surface area contributed by atoms with E-state index in [-0.39, 0.29) is 17.4 Å². The van der Waals surface area contributed by atoms with E-state index < -0.39 is 5.97 Å². The molecule has 18 heavy (non-hydrogen) atoms. The fourth-order valence-corrected chi connectivity index (χ4v) is 1.98. The van der Waals surface area contributed by atoms with Crippen molar-refractivity contribution in [2.45, 2.75) is 19.8 Å². The molecule has 1 aliphatic carbocycles. The maximum atomic E-state index is 11.9. The maximum absolute atomic E-state index is 11.9. The molecule has 0 aliphatic heterocycles. The molecular weight excluding hydrogens is 254 g/mol. The van der Waals surface area contributed by atoms with Gasteiger partial charge in [-0.1, -0.05) is 18.5 Å². The molecule has 2 rings (SSSR count). The van der Waals surface area contributed by atoms with Crippen LogP contribution in [-0.4, -0.2) is 17.0 Å². The van der Waals surface area contributed by atoms with Gasteiger partial charge < -0.3 is 10.4 Å². The van der Waals surface area contributed by atoms with Crippen LogP contribution in [0.2, 0.25) is 5.02 Å². The lowest BCUT2D eigenvalue weighted by atomic mass is 10.1. The zero-order valence-electron chi connectivity index (χ0n) is 9.94. The number of carboxylic acids is 1. The lowest BCUT2D eigenvalue weighted by Crippen LogP contribution is -2.22. The highest BCUT2D eigenvalue weighted by molar-refractivity contribution is 6.33. The Morgan fingerprint density at radius 1 is 1.44 bits per heavy atom. The van der Waals surface area contributed by atoms with Crippen LogP contribution in [0, 0.1) is 11.8 Å². The molecule has 1 aliphatic rings. The molecule has 1 atom stereocenters. The first-order chi connectivity index (χ1) is 8.49. The van der Waals surface area contributed by atoms with Crippen molar-refractivity contribution in [1.29, 1.82) is 0 Å². The Balaban J connectivity index is 2.14. The van der Waals surface area contributed by atoms with Gasteiger partial charge in [-0.3, -0.25) is 4.79 Å². The third kappa shape index (κ3) is 2.82. The smallest absolute Gasteiger partial charge is 0.335 e. The summed E-state index contributed by atoms with van der Waals surface area (Å²) < 4.78 is 0. The van der Waals surface area contributed by atoms with Gasteiger partial charge >= 0.3 is 5.97 Å². The Kier molecular flexibility index (Phi) is 3.57. The van der Waals surface area contributed by atoms with Crippen molar-refractivity contribution in [1.82, 2.24) is 0 Å². The van der Waals surface area contributed by atoms with Gasteiger partial charge in [0.05, 0.1) is 16.3 Å². The maximum Gasteiger partial charge on any atom is 0.335 e. The Bertz CT molecular complexity index is 497. The van der Waals surface area contributed by atoms with E-state index >= 15 is 0 Å². The van der Waals surface area contributed by atoms with Gasteiger partial charge in [-0.05, 0) is 37.0 Å². The van der Waals surface area contributed by atoms with Crippen LogP contribution in [0.1, 0.15) is 30.1 Å². The molecule has 0 aromatic heterocycles. The van der Waals surface area contributed by atoms with Crippen molar-refractivity contribution in [3.8, 4) is 0 Å². The molecule has 0 saturated heterocycles. The summed E-state index contributed by atoms with van der Waals surface area (Å²) in [4.78, 5) is 22.8. The van der Waals surface area contributed by atoms with Crippen LogP contribution < -0.4 is 5.32 Å². The van der Waals surface area contributed by atoms with Crippen LogP contribution in [0.3, 0.4) is 0 Å². The number of hydrogen-bond donors (Lipinski definition) is 2. The predicted molar refractivity (Wildman–Crippen MR) is 68.9 cm³/mol. The van der Waals surface area contributed by atoms with Gasteiger partial charge in [-0.2, -0.15) is 0 Å². The summed E-state index contributed by atoms with van der Waals surface area (Å²) >= 11 is 5.94. The highest BCUT2D eigenvalue weighted by Gasteiger charge is 2.32. The zero-order valence-corrected chi connectivity index (χ0v) is 10.7. The van der Waals surface area contributed by atoms with Crippen LogP contribution in [0.15, 0.2) is 18.2 Å². The normalized spacial score (nSPS) is 16.1. The van der Waals surface area contributed by atoms with Crippen molar-refractivity contribution in [3.05, 3.63) is 28.8 Å². The molecule has 1 aromatic rings. The first-order valence-electron chi connectivity index (χ1n) is 5.82. The molecule has 5 heteroatoms. The second kappa shape index (κ2) is 4.98. The van der Waals surface area contributed by atoms with E-state index in [9.17, 15) is 9.59 Å². The molecule has 1 unspecified atom stereocenters. The number of hydrogen-bond acceptors (Lipinski definition) is 2. The number of carbonyl (C=O) groups is 2. The van der Waals surface area contributed by atoms with Gasteiger partial charge in [-0.15, -0.1) is 0 Å². The first-order valence-corrected chi connectivity index (χ1v) is 6.20. The average Bonchev–Trinajstić information content (AvgIpc) is 3.14. The number of anilines is 1. The molecule has 1 saturated carbocycles. The molecule has 1 fully saturated rings. The van der Waals surface area contributed by atoms with Crippen LogP contribution in [0.4, 0.5) is 5.69 Å². The number of benzene rings is 1. The highest BCUT2D eigenvalue weighted by Crippen LogP contribution is 2.37. The topological polar surface area (TPSA) is 66.4 Å². The standard InChI is InChI=1S/C13H14ClNO3/c1-7(8-2-3-8)12(16)15-11-6-9(13(17)18)4-5-10(11)14/h4-8H,2-3H2,1H3,(H,15,16)(H,17,18). The summed E-state index contributed by atoms with van der Waals surface area (Å²) in [5, 5.41) is 11.9. The highest BCUT2D eigenvalue weighted by atomic mass is 35.5. The third-order valence-electron chi connectivity index (χ3n) is 3.21. The van der Waals surface area contributed by atoms with E-state index in [1.165, 1.54) is 18.2 Å². The van der Waals surface area contributed by atoms with E-state index in [2.05, 4.69) is 5.32 Å². The number of nitrogens with one attached hydrogen (secondary N) is 1. The lowest BCUT2D eigenvalue weighted by molar-refractivity contribution is -0.119. The zero-order chi connectivity index (χ0) is 13.3. The Morgan fingerprint density at radius 3 is 2.67 bits per heavy atom. The molecule has 1 aromatic carbocycles. The van der Waals surface area contributed by atoms with Crippen molar-refractivity contribution in [2.75, 3.05) is 5.32 Å². The second-order valence-corrected chi connectivity index (χ2v) is 5.02. The number of amides is 1. The van der Waals surface area contributed by atoms with Crippen LogP contribution in [0.25, 0.3) is 0 Å². The number of aromatic carboxylic acids is 1. The predicted octanol–water partition coefficient (Wildman–Crippen LogP) is 3.02. The van der Waals surface area contributed by atoms with Crippen molar-refractivity contribution < 1.29 is 14.7 Å². The third-order valence-corrected chi connectivity index (χ3v) is 3.54. The van der Waals surface area contributed by atoms with Gasteiger partial charge in [0, 0.05) is 5.92 Å². The van der Waals surface area contributed by atoms with Crippen molar-refractivity contribution >= 4 is 29.2 Å². The molecule has 0 bridgehead atoms. The average molecular weight is 268 g/mol. The van der Waals surface area contributed by atoms with E-state index in [1.807, 2.05) is 6.92 Å². The number of rotatable bonds is 4. The minimum absolute atomic E-state index is 0.0606. The first kappa shape index (κ1) is 12.9. The molecule has 4 nitrogen and oxygen atoms in total. The van der Waals surface area contributed by atoms with Crippen molar-refractivity contribution in [3.63, 3.8) is 0 Å². The molecule has 0 spiro atoms. The summed E-state index contributed by atoms with van der Waals surface area (Å²) in [6.45, 7) is 1.88. The monoisotopic (exact) mass is 267 g/mol. The molecular formula is C13H14ClNO3. The summed E-state index contributed by atoms with van der Waals surface area (Å²) in [6, 6.07) is 4.26. The minimum atomic E-state index is -1.04. The molecule has 1 amide bonds. The number of halogens is 1. The lowest BCUT2D eigenvalue weighted by Gasteiger charge is -2.12. The van der Waals surface area contributed by atoms with E-state index in [0.717, 1.165) is 12.8 Å². The van der Waals surface area contributed by atoms with E-state index in [4.69, 9.17) is 16.7 Å². The summed E-state index contributed by atoms with van der Waals surface area (Å²) in [5.41, 5.74) is 0.461. The van der Waals surface area contributed by atoms with Gasteiger partial charge in [0.25, 0.3) is 0 Å². The van der Waals surface area contributed by atoms with Crippen LogP contribution in [0.5, 0.6) is 0 Å². The van der Waals surface area contributed by atoms with Gasteiger partial charge in [-0.25, -0.2) is 4.79 Å². The fraction of sp³-hybridized carbons (Fsp3) is 0.385. The Morgan fingerprint density at radius 2 is 2.11 bits per heavy atom. The van der Waals surface area contributed by atoms with Crippen LogP contribution >= 0.6 is 11.6 Å². The van der Waals surface area contributed by atoms with E-state index in [1.54, 1.807) is 0 Å². The van der Waals surface area contributed by atoms with Crippen molar-refractivity contribution in [2.24, 2.45) is 11.8 Å². The minimum Gasteiger partial charge on any atom is -0.478 e. The Hall–Kier alpha value is -1.55. The molecule has 2 N–H and O–H groups in total. The summed E-state index contributed by atoms with van der Waals surface area (Å²) in [6.07, 6.45) is 2.16. The number of carboxylic acid groups (broad SMARTS) is 1. The quantitative estimate of drug-likeness (QED) is 0.881. The molecule has 0 heterocycles. The Labute approximate surface area is 110 Å². The fourth-order valence-electron chi connectivity index (χ4n) is 1.81. The molecule has 0 radical (unpaired) electrons. The molecule has 96 valence electrons. The SMILES string of the molecule is CC(C(=O)Nc1cc(C(=O)O)ccc1Cl)C1CC1. The second-order valence-electron chi connectivity index (χ2n) is 4.62. The summed E-state index contributed by atoms with van der Waals surface area (Å²) in [5.74, 6) is -0.764. The number of carbonyl (C=O) groups excluding carboxylic acids is 1. The largest absolute Gasteiger partial charge is 0.478 e. The summed E-state index contributed by atoms with van der Waals surface area (Å²) in [7, 11) is 0. The van der Waals surface area contributed by atoms with Gasteiger partial charge in [0.1, 0.15) is 0 Å². The van der Waals surface area contributed by atoms with Gasteiger partial charge in [0.15, 0.2) is 0 Å². The van der Waals surface area contributed by atoms with E-state index in [0.29, 0.717) is 16.6 Å².